The molecule has 0 atom stereocenters. The van der Waals surface area contributed by atoms with Crippen molar-refractivity contribution in [1.82, 2.24) is 0 Å². The molecule has 0 spiro atoms. The second-order valence-corrected chi connectivity index (χ2v) is 3.93. The average Bonchev–Trinajstić information content (AvgIpc) is 2.20. The Hall–Kier alpha value is -1.64. The predicted molar refractivity (Wildman–Crippen MR) is 62.4 cm³/mol. The molecule has 0 aliphatic rings. The molecular formula is C13H13F2N. The van der Waals surface area contributed by atoms with Crippen molar-refractivity contribution in [1.29, 1.82) is 0 Å². The summed E-state index contributed by atoms with van der Waals surface area (Å²) in [7, 11) is 0. The second-order valence-electron chi connectivity index (χ2n) is 3.93. The van der Waals surface area contributed by atoms with Crippen molar-refractivity contribution < 1.29 is 8.78 Å². The van der Waals surface area contributed by atoms with E-state index in [0.29, 0.717) is 28.4 Å². The minimum Gasteiger partial charge on any atom is -0.399 e. The Balaban J connectivity index is 2.99. The Labute approximate surface area is 92.9 Å². The minimum absolute atomic E-state index is 0.399. The van der Waals surface area contributed by atoms with Crippen LogP contribution in [-0.2, 0) is 6.42 Å². The Morgan fingerprint density at radius 2 is 1.81 bits per heavy atom. The van der Waals surface area contributed by atoms with Gasteiger partial charge in [0.25, 0.3) is 0 Å². The summed E-state index contributed by atoms with van der Waals surface area (Å²) in [5.74, 6) is -1.04. The highest BCUT2D eigenvalue weighted by Gasteiger charge is 2.13. The highest BCUT2D eigenvalue weighted by molar-refractivity contribution is 5.92. The maximum Gasteiger partial charge on any atom is 0.134 e. The summed E-state index contributed by atoms with van der Waals surface area (Å²) in [6, 6.07) is 4.22. The van der Waals surface area contributed by atoms with E-state index < -0.39 is 11.6 Å². The molecular weight excluding hydrogens is 208 g/mol. The molecule has 2 N–H and O–H groups in total. The summed E-state index contributed by atoms with van der Waals surface area (Å²) < 4.78 is 27.2. The van der Waals surface area contributed by atoms with Crippen LogP contribution in [0.3, 0.4) is 0 Å². The Bertz CT molecular complexity index is 562. The number of halogens is 2. The van der Waals surface area contributed by atoms with Crippen molar-refractivity contribution in [2.45, 2.75) is 20.3 Å². The van der Waals surface area contributed by atoms with Gasteiger partial charge in [-0.15, -0.1) is 0 Å². The maximum atomic E-state index is 13.6. The first kappa shape index (κ1) is 10.9. The lowest BCUT2D eigenvalue weighted by Gasteiger charge is -2.11. The highest BCUT2D eigenvalue weighted by Crippen LogP contribution is 2.30. The lowest BCUT2D eigenvalue weighted by Crippen LogP contribution is -1.97. The van der Waals surface area contributed by atoms with Crippen molar-refractivity contribution in [2.75, 3.05) is 5.73 Å². The fraction of sp³-hybridized carbons (Fsp3) is 0.231. The van der Waals surface area contributed by atoms with E-state index >= 15 is 0 Å². The zero-order chi connectivity index (χ0) is 11.9. The van der Waals surface area contributed by atoms with Gasteiger partial charge in [-0.1, -0.05) is 6.92 Å². The van der Waals surface area contributed by atoms with Gasteiger partial charge < -0.3 is 5.73 Å². The van der Waals surface area contributed by atoms with Gasteiger partial charge >= 0.3 is 0 Å². The van der Waals surface area contributed by atoms with Crippen molar-refractivity contribution in [3.8, 4) is 0 Å². The molecule has 0 aliphatic carbocycles. The number of nitrogens with two attached hydrogens (primary N) is 1. The third-order valence-electron chi connectivity index (χ3n) is 2.81. The maximum absolute atomic E-state index is 13.6. The van der Waals surface area contributed by atoms with Crippen LogP contribution in [0.4, 0.5) is 14.5 Å². The zero-order valence-corrected chi connectivity index (χ0v) is 9.27. The highest BCUT2D eigenvalue weighted by atomic mass is 19.1. The average molecular weight is 221 g/mol. The molecule has 0 radical (unpaired) electrons. The number of aryl methyl sites for hydroxylation is 2. The topological polar surface area (TPSA) is 26.0 Å². The molecule has 3 heteroatoms. The fourth-order valence-electron chi connectivity index (χ4n) is 2.15. The lowest BCUT2D eigenvalue weighted by molar-refractivity contribution is 0.582. The van der Waals surface area contributed by atoms with Gasteiger partial charge in [0.05, 0.1) is 0 Å². The smallest absolute Gasteiger partial charge is 0.134 e. The van der Waals surface area contributed by atoms with E-state index in [-0.39, 0.29) is 0 Å². The Morgan fingerprint density at radius 3 is 2.44 bits per heavy atom. The van der Waals surface area contributed by atoms with Crippen molar-refractivity contribution in [2.24, 2.45) is 0 Å². The molecule has 0 aromatic heterocycles. The Kier molecular flexibility index (Phi) is 2.54. The summed E-state index contributed by atoms with van der Waals surface area (Å²) in [4.78, 5) is 0. The number of fused-ring (bicyclic) bond motifs is 1. The molecule has 0 unspecified atom stereocenters. The first-order valence-corrected chi connectivity index (χ1v) is 5.21. The quantitative estimate of drug-likeness (QED) is 0.732. The molecule has 0 amide bonds. The van der Waals surface area contributed by atoms with E-state index in [1.807, 2.05) is 13.8 Å². The van der Waals surface area contributed by atoms with Gasteiger partial charge in [0, 0.05) is 17.1 Å². The molecule has 0 bridgehead atoms. The van der Waals surface area contributed by atoms with Crippen LogP contribution in [0.2, 0.25) is 0 Å². The molecule has 0 saturated heterocycles. The molecule has 0 saturated carbocycles. The van der Waals surface area contributed by atoms with E-state index in [4.69, 9.17) is 5.73 Å². The number of nitrogen functional groups attached to an aromatic ring is 1. The normalized spacial score (nSPS) is 11.0. The molecule has 84 valence electrons. The Morgan fingerprint density at radius 1 is 1.12 bits per heavy atom. The van der Waals surface area contributed by atoms with Gasteiger partial charge in [0.15, 0.2) is 0 Å². The molecule has 0 aliphatic heterocycles. The second kappa shape index (κ2) is 3.74. The molecule has 2 aromatic rings. The summed E-state index contributed by atoms with van der Waals surface area (Å²) in [6.07, 6.45) is 0.535. The van der Waals surface area contributed by atoms with Gasteiger partial charge in [0.2, 0.25) is 0 Å². The van der Waals surface area contributed by atoms with E-state index in [1.165, 1.54) is 0 Å². The van der Waals surface area contributed by atoms with Crippen molar-refractivity contribution in [3.63, 3.8) is 0 Å². The minimum atomic E-state index is -0.555. The summed E-state index contributed by atoms with van der Waals surface area (Å²) >= 11 is 0. The van der Waals surface area contributed by atoms with E-state index in [2.05, 4.69) is 0 Å². The van der Waals surface area contributed by atoms with E-state index in [1.54, 1.807) is 12.1 Å². The lowest BCUT2D eigenvalue weighted by atomic mass is 9.97. The molecule has 0 heterocycles. The standard InChI is InChI=1S/C13H13F2N/c1-3-9-11(14)6-12(15)10-5-8(16)4-7(2)13(9)10/h4-6H,3,16H2,1-2H3. The largest absolute Gasteiger partial charge is 0.399 e. The van der Waals surface area contributed by atoms with Gasteiger partial charge in [0.1, 0.15) is 11.6 Å². The molecule has 0 fully saturated rings. The van der Waals surface area contributed by atoms with Crippen LogP contribution in [0.1, 0.15) is 18.1 Å². The zero-order valence-electron chi connectivity index (χ0n) is 9.27. The molecule has 1 nitrogen and oxygen atoms in total. The van der Waals surface area contributed by atoms with Crippen LogP contribution in [0.15, 0.2) is 18.2 Å². The van der Waals surface area contributed by atoms with Crippen LogP contribution >= 0.6 is 0 Å². The van der Waals surface area contributed by atoms with Crippen LogP contribution in [-0.4, -0.2) is 0 Å². The van der Waals surface area contributed by atoms with E-state index in [9.17, 15) is 8.78 Å². The first-order chi connectivity index (χ1) is 7.54. The monoisotopic (exact) mass is 221 g/mol. The number of hydrogen-bond donors (Lipinski definition) is 1. The third kappa shape index (κ3) is 1.52. The summed E-state index contributed by atoms with van der Waals surface area (Å²) in [5, 5.41) is 1.05. The van der Waals surface area contributed by atoms with Crippen molar-refractivity contribution >= 4 is 16.5 Å². The third-order valence-corrected chi connectivity index (χ3v) is 2.81. The number of anilines is 1. The van der Waals surface area contributed by atoms with Gasteiger partial charge in [-0.25, -0.2) is 8.78 Å². The van der Waals surface area contributed by atoms with Gasteiger partial charge in [-0.3, -0.25) is 0 Å². The number of benzene rings is 2. The van der Waals surface area contributed by atoms with Crippen LogP contribution in [0, 0.1) is 18.6 Å². The van der Waals surface area contributed by atoms with E-state index in [0.717, 1.165) is 11.6 Å². The SMILES string of the molecule is CCc1c(F)cc(F)c2cc(N)cc(C)c12. The van der Waals surface area contributed by atoms with Gasteiger partial charge in [-0.05, 0) is 42.0 Å². The number of hydrogen-bond acceptors (Lipinski definition) is 1. The summed E-state index contributed by atoms with van der Waals surface area (Å²) in [6.45, 7) is 3.67. The van der Waals surface area contributed by atoms with Crippen LogP contribution < -0.4 is 5.73 Å². The van der Waals surface area contributed by atoms with Crippen LogP contribution in [0.5, 0.6) is 0 Å². The van der Waals surface area contributed by atoms with Crippen molar-refractivity contribution in [3.05, 3.63) is 41.0 Å². The summed E-state index contributed by atoms with van der Waals surface area (Å²) in [5.41, 5.74) is 7.52. The predicted octanol–water partition coefficient (Wildman–Crippen LogP) is 3.57. The first-order valence-electron chi connectivity index (χ1n) is 5.21. The molecule has 2 rings (SSSR count). The molecule has 2 aromatic carbocycles. The van der Waals surface area contributed by atoms with Gasteiger partial charge in [-0.2, -0.15) is 0 Å². The fourth-order valence-corrected chi connectivity index (χ4v) is 2.15. The number of rotatable bonds is 1. The molecule has 16 heavy (non-hydrogen) atoms. The van der Waals surface area contributed by atoms with Crippen LogP contribution in [0.25, 0.3) is 10.8 Å².